The van der Waals surface area contributed by atoms with Crippen LogP contribution < -0.4 is 5.32 Å². The molecule has 1 N–H and O–H groups in total. The van der Waals surface area contributed by atoms with Crippen LogP contribution in [0.25, 0.3) is 0 Å². The van der Waals surface area contributed by atoms with Gasteiger partial charge in [-0.2, -0.15) is 4.31 Å². The normalized spacial score (nSPS) is 18.7. The summed E-state index contributed by atoms with van der Waals surface area (Å²) in [6.45, 7) is 7.88. The van der Waals surface area contributed by atoms with E-state index in [-0.39, 0.29) is 5.41 Å². The van der Waals surface area contributed by atoms with E-state index < -0.39 is 10.0 Å². The van der Waals surface area contributed by atoms with Crippen molar-refractivity contribution in [3.05, 3.63) is 18.3 Å². The van der Waals surface area contributed by atoms with Gasteiger partial charge in [-0.05, 0) is 30.2 Å². The molecule has 21 heavy (non-hydrogen) atoms. The summed E-state index contributed by atoms with van der Waals surface area (Å²) in [5.74, 6) is 1.15. The first-order valence-electron chi connectivity index (χ1n) is 7.39. The number of sulfonamides is 1. The molecule has 6 heteroatoms. The van der Waals surface area contributed by atoms with E-state index in [4.69, 9.17) is 0 Å². The molecular weight excluding hydrogens is 286 g/mol. The van der Waals surface area contributed by atoms with E-state index in [1.165, 1.54) is 6.20 Å². The Balaban J connectivity index is 2.15. The molecule has 0 aromatic carbocycles. The Hall–Kier alpha value is -1.14. The maximum absolute atomic E-state index is 12.7. The minimum absolute atomic E-state index is 0.242. The molecule has 0 aliphatic carbocycles. The smallest absolute Gasteiger partial charge is 0.243 e. The average molecular weight is 311 g/mol. The molecule has 5 nitrogen and oxygen atoms in total. The van der Waals surface area contributed by atoms with Gasteiger partial charge in [-0.15, -0.1) is 0 Å². The molecule has 0 atom stereocenters. The van der Waals surface area contributed by atoms with Gasteiger partial charge in [-0.1, -0.05) is 20.8 Å². The van der Waals surface area contributed by atoms with E-state index in [0.717, 1.165) is 12.8 Å². The molecule has 1 aromatic rings. The summed E-state index contributed by atoms with van der Waals surface area (Å²) >= 11 is 0. The lowest BCUT2D eigenvalue weighted by Crippen LogP contribution is -2.41. The average Bonchev–Trinajstić information content (AvgIpc) is 2.46. The Labute approximate surface area is 127 Å². The highest BCUT2D eigenvalue weighted by molar-refractivity contribution is 7.89. The molecule has 0 amide bonds. The molecular formula is C15H25N3O2S. The Morgan fingerprint density at radius 2 is 1.90 bits per heavy atom. The largest absolute Gasteiger partial charge is 0.373 e. The number of hydrogen-bond donors (Lipinski definition) is 1. The van der Waals surface area contributed by atoms with Gasteiger partial charge >= 0.3 is 0 Å². The molecule has 1 saturated heterocycles. The highest BCUT2D eigenvalue weighted by Gasteiger charge is 2.34. The van der Waals surface area contributed by atoms with Crippen LogP contribution in [0.4, 0.5) is 5.82 Å². The first kappa shape index (κ1) is 16.2. The van der Waals surface area contributed by atoms with Crippen LogP contribution in [0, 0.1) is 11.3 Å². The molecule has 118 valence electrons. The number of rotatable bonds is 3. The van der Waals surface area contributed by atoms with Crippen molar-refractivity contribution in [2.45, 2.75) is 38.5 Å². The number of nitrogens with one attached hydrogen (secondary N) is 1. The molecule has 0 radical (unpaired) electrons. The van der Waals surface area contributed by atoms with Crippen molar-refractivity contribution < 1.29 is 8.42 Å². The summed E-state index contributed by atoms with van der Waals surface area (Å²) in [6, 6.07) is 3.15. The molecule has 1 fully saturated rings. The zero-order valence-corrected chi connectivity index (χ0v) is 14.1. The molecule has 2 rings (SSSR count). The standard InChI is InChI=1S/C15H25N3O2S/c1-15(2,3)12-6-9-18(10-7-12)21(19,20)13-5-8-17-14(11-13)16-4/h5,8,11-12H,6-7,9-10H2,1-4H3,(H,16,17). The Morgan fingerprint density at radius 1 is 1.29 bits per heavy atom. The number of nitrogens with zero attached hydrogens (tertiary/aromatic N) is 2. The molecule has 0 spiro atoms. The van der Waals surface area contributed by atoms with Gasteiger partial charge in [-0.25, -0.2) is 13.4 Å². The second-order valence-electron chi connectivity index (χ2n) is 6.67. The van der Waals surface area contributed by atoms with Crippen molar-refractivity contribution in [2.24, 2.45) is 11.3 Å². The highest BCUT2D eigenvalue weighted by Crippen LogP contribution is 2.35. The van der Waals surface area contributed by atoms with E-state index in [0.29, 0.717) is 29.7 Å². The minimum Gasteiger partial charge on any atom is -0.373 e. The third-order valence-corrected chi connectivity index (χ3v) is 6.20. The number of hydrogen-bond acceptors (Lipinski definition) is 4. The van der Waals surface area contributed by atoms with Gasteiger partial charge < -0.3 is 5.32 Å². The Kier molecular flexibility index (Phi) is 4.58. The fourth-order valence-electron chi connectivity index (χ4n) is 2.82. The van der Waals surface area contributed by atoms with Gasteiger partial charge in [0.05, 0.1) is 4.90 Å². The first-order chi connectivity index (χ1) is 9.75. The van der Waals surface area contributed by atoms with Crippen LogP contribution in [-0.2, 0) is 10.0 Å². The topological polar surface area (TPSA) is 62.3 Å². The van der Waals surface area contributed by atoms with Gasteiger partial charge in [-0.3, -0.25) is 0 Å². The van der Waals surface area contributed by atoms with Gasteiger partial charge in [0, 0.05) is 32.4 Å². The quantitative estimate of drug-likeness (QED) is 0.932. The summed E-state index contributed by atoms with van der Waals surface area (Å²) in [7, 11) is -1.68. The zero-order valence-electron chi connectivity index (χ0n) is 13.3. The van der Waals surface area contributed by atoms with Crippen molar-refractivity contribution in [3.63, 3.8) is 0 Å². The summed E-state index contributed by atoms with van der Waals surface area (Å²) < 4.78 is 27.0. The molecule has 0 unspecified atom stereocenters. The number of piperidine rings is 1. The summed E-state index contributed by atoms with van der Waals surface area (Å²) in [6.07, 6.45) is 3.38. The second-order valence-corrected chi connectivity index (χ2v) is 8.61. The van der Waals surface area contributed by atoms with Gasteiger partial charge in [0.25, 0.3) is 0 Å². The third-order valence-electron chi connectivity index (χ3n) is 4.30. The number of anilines is 1. The monoisotopic (exact) mass is 311 g/mol. The van der Waals surface area contributed by atoms with E-state index in [9.17, 15) is 8.42 Å². The van der Waals surface area contributed by atoms with Crippen molar-refractivity contribution in [3.8, 4) is 0 Å². The highest BCUT2D eigenvalue weighted by atomic mass is 32.2. The van der Waals surface area contributed by atoms with Crippen LogP contribution in [0.5, 0.6) is 0 Å². The predicted molar refractivity (Wildman–Crippen MR) is 84.7 cm³/mol. The third kappa shape index (κ3) is 3.55. The predicted octanol–water partition coefficient (Wildman–Crippen LogP) is 2.57. The molecule has 0 saturated carbocycles. The minimum atomic E-state index is -3.41. The molecule has 1 aliphatic rings. The lowest BCUT2D eigenvalue weighted by atomic mass is 9.76. The molecule has 1 aromatic heterocycles. The van der Waals surface area contributed by atoms with Crippen LogP contribution >= 0.6 is 0 Å². The maximum Gasteiger partial charge on any atom is 0.243 e. The number of pyridine rings is 1. The summed E-state index contributed by atoms with van der Waals surface area (Å²) in [4.78, 5) is 4.38. The van der Waals surface area contributed by atoms with Crippen molar-refractivity contribution >= 4 is 15.8 Å². The van der Waals surface area contributed by atoms with Crippen molar-refractivity contribution in [2.75, 3.05) is 25.5 Å². The van der Waals surface area contributed by atoms with Crippen LogP contribution in [0.15, 0.2) is 23.2 Å². The lowest BCUT2D eigenvalue weighted by Gasteiger charge is -2.38. The van der Waals surface area contributed by atoms with Gasteiger partial charge in [0.2, 0.25) is 10.0 Å². The van der Waals surface area contributed by atoms with Crippen molar-refractivity contribution in [1.29, 1.82) is 0 Å². The number of aromatic nitrogens is 1. The van der Waals surface area contributed by atoms with E-state index in [1.54, 1.807) is 23.5 Å². The zero-order chi connectivity index (χ0) is 15.7. The summed E-state index contributed by atoms with van der Waals surface area (Å²) in [5, 5.41) is 2.88. The maximum atomic E-state index is 12.7. The van der Waals surface area contributed by atoms with Gasteiger partial charge in [0.15, 0.2) is 0 Å². The fraction of sp³-hybridized carbons (Fsp3) is 0.667. The van der Waals surface area contributed by atoms with E-state index >= 15 is 0 Å². The molecule has 1 aliphatic heterocycles. The first-order valence-corrected chi connectivity index (χ1v) is 8.83. The Bertz CT molecular complexity index is 585. The molecule has 2 heterocycles. The lowest BCUT2D eigenvalue weighted by molar-refractivity contribution is 0.154. The second kappa shape index (κ2) is 5.93. The fourth-order valence-corrected chi connectivity index (χ4v) is 4.30. The SMILES string of the molecule is CNc1cc(S(=O)(=O)N2CCC(C(C)(C)C)CC2)ccn1. The van der Waals surface area contributed by atoms with Crippen LogP contribution in [0.2, 0.25) is 0 Å². The van der Waals surface area contributed by atoms with Gasteiger partial charge in [0.1, 0.15) is 5.82 Å². The van der Waals surface area contributed by atoms with E-state index in [1.807, 2.05) is 0 Å². The molecule has 0 bridgehead atoms. The Morgan fingerprint density at radius 3 is 2.43 bits per heavy atom. The van der Waals surface area contributed by atoms with Crippen LogP contribution in [0.3, 0.4) is 0 Å². The van der Waals surface area contributed by atoms with Crippen LogP contribution in [-0.4, -0.2) is 37.8 Å². The van der Waals surface area contributed by atoms with Crippen LogP contribution in [0.1, 0.15) is 33.6 Å². The summed E-state index contributed by atoms with van der Waals surface area (Å²) in [5.41, 5.74) is 0.242. The van der Waals surface area contributed by atoms with E-state index in [2.05, 4.69) is 31.1 Å². The van der Waals surface area contributed by atoms with Crippen molar-refractivity contribution in [1.82, 2.24) is 9.29 Å².